The molecule has 20 heavy (non-hydrogen) atoms. The summed E-state index contributed by atoms with van der Waals surface area (Å²) in [4.78, 5) is 2.64. The Morgan fingerprint density at radius 1 is 1.20 bits per heavy atom. The predicted octanol–water partition coefficient (Wildman–Crippen LogP) is 2.37. The first-order valence-electron chi connectivity index (χ1n) is 8.03. The van der Waals surface area contributed by atoms with Gasteiger partial charge in [0.1, 0.15) is 0 Å². The Hall–Kier alpha value is -0.900. The second kappa shape index (κ2) is 6.25. The first-order valence-corrected chi connectivity index (χ1v) is 8.03. The third kappa shape index (κ3) is 2.90. The fourth-order valence-electron chi connectivity index (χ4n) is 3.79. The summed E-state index contributed by atoms with van der Waals surface area (Å²) in [6, 6.07) is 12.2. The van der Waals surface area contributed by atoms with E-state index in [9.17, 15) is 0 Å². The van der Waals surface area contributed by atoms with Crippen molar-refractivity contribution < 1.29 is 0 Å². The quantitative estimate of drug-likeness (QED) is 0.885. The van der Waals surface area contributed by atoms with Crippen molar-refractivity contribution in [1.82, 2.24) is 15.8 Å². The number of rotatable bonds is 3. The molecule has 0 spiro atoms. The van der Waals surface area contributed by atoms with Crippen molar-refractivity contribution in [2.75, 3.05) is 19.6 Å². The van der Waals surface area contributed by atoms with Crippen LogP contribution >= 0.6 is 0 Å². The third-order valence-electron chi connectivity index (χ3n) is 4.98. The van der Waals surface area contributed by atoms with Crippen LogP contribution < -0.4 is 10.9 Å². The van der Waals surface area contributed by atoms with Crippen LogP contribution in [0, 0.1) is 5.92 Å². The lowest BCUT2D eigenvalue weighted by molar-refractivity contribution is 0.117. The molecule has 3 rings (SSSR count). The Morgan fingerprint density at radius 3 is 2.75 bits per heavy atom. The monoisotopic (exact) mass is 273 g/mol. The van der Waals surface area contributed by atoms with Gasteiger partial charge in [-0.1, -0.05) is 30.3 Å². The van der Waals surface area contributed by atoms with Gasteiger partial charge < -0.3 is 4.90 Å². The molecule has 3 nitrogen and oxygen atoms in total. The first-order chi connectivity index (χ1) is 9.75. The zero-order valence-corrected chi connectivity index (χ0v) is 12.7. The first kappa shape index (κ1) is 14.1. The van der Waals surface area contributed by atoms with Gasteiger partial charge in [0.15, 0.2) is 0 Å². The van der Waals surface area contributed by atoms with Crippen LogP contribution in [0.15, 0.2) is 30.3 Å². The van der Waals surface area contributed by atoms with Crippen molar-refractivity contribution in [2.45, 2.75) is 44.7 Å². The lowest BCUT2D eigenvalue weighted by Gasteiger charge is -2.39. The van der Waals surface area contributed by atoms with Crippen molar-refractivity contribution in [3.8, 4) is 0 Å². The maximum Gasteiger partial charge on any atom is 0.0334 e. The molecule has 2 heterocycles. The molecule has 110 valence electrons. The summed E-state index contributed by atoms with van der Waals surface area (Å²) >= 11 is 0. The minimum atomic E-state index is 0.568. The Kier molecular flexibility index (Phi) is 4.39. The van der Waals surface area contributed by atoms with E-state index in [-0.39, 0.29) is 0 Å². The molecule has 0 radical (unpaired) electrons. The molecule has 0 aromatic heterocycles. The number of likely N-dealkylation sites (tertiary alicyclic amines) is 1. The van der Waals surface area contributed by atoms with Gasteiger partial charge in [-0.3, -0.25) is 10.9 Å². The second-order valence-electron chi connectivity index (χ2n) is 6.56. The molecule has 1 aromatic rings. The van der Waals surface area contributed by atoms with Crippen LogP contribution in [0.4, 0.5) is 0 Å². The van der Waals surface area contributed by atoms with Crippen LogP contribution in [-0.2, 0) is 0 Å². The summed E-state index contributed by atoms with van der Waals surface area (Å²) < 4.78 is 0. The summed E-state index contributed by atoms with van der Waals surface area (Å²) in [6.45, 7) is 8.19. The highest BCUT2D eigenvalue weighted by atomic mass is 15.4. The van der Waals surface area contributed by atoms with Gasteiger partial charge in [-0.15, -0.1) is 0 Å². The van der Waals surface area contributed by atoms with Crippen LogP contribution in [-0.4, -0.2) is 36.6 Å². The van der Waals surface area contributed by atoms with E-state index in [0.29, 0.717) is 18.0 Å². The second-order valence-corrected chi connectivity index (χ2v) is 6.56. The molecule has 0 amide bonds. The molecule has 0 aliphatic carbocycles. The number of nitrogens with zero attached hydrogens (tertiary/aromatic N) is 1. The van der Waals surface area contributed by atoms with E-state index in [0.717, 1.165) is 12.5 Å². The Balaban J connectivity index is 1.72. The minimum absolute atomic E-state index is 0.568. The van der Waals surface area contributed by atoms with Gasteiger partial charge in [0.25, 0.3) is 0 Å². The van der Waals surface area contributed by atoms with E-state index in [2.05, 4.69) is 59.9 Å². The summed E-state index contributed by atoms with van der Waals surface area (Å²) in [5.74, 6) is 1.36. The van der Waals surface area contributed by atoms with Crippen molar-refractivity contribution >= 4 is 0 Å². The van der Waals surface area contributed by atoms with Crippen LogP contribution in [0.25, 0.3) is 0 Å². The van der Waals surface area contributed by atoms with E-state index in [1.807, 2.05) is 0 Å². The summed E-state index contributed by atoms with van der Waals surface area (Å²) in [5, 5.41) is 0. The van der Waals surface area contributed by atoms with Crippen LogP contribution in [0.3, 0.4) is 0 Å². The van der Waals surface area contributed by atoms with Gasteiger partial charge in [-0.2, -0.15) is 0 Å². The minimum Gasteiger partial charge on any atom is -0.301 e. The SMILES string of the molecule is CC(C)N1CCCC(C2NNCC2c2ccccc2)C1. The van der Waals surface area contributed by atoms with Gasteiger partial charge in [0.2, 0.25) is 0 Å². The van der Waals surface area contributed by atoms with Crippen LogP contribution in [0.5, 0.6) is 0 Å². The van der Waals surface area contributed by atoms with Crippen LogP contribution in [0.1, 0.15) is 38.2 Å². The van der Waals surface area contributed by atoms with Crippen molar-refractivity contribution in [3.05, 3.63) is 35.9 Å². The lowest BCUT2D eigenvalue weighted by Crippen LogP contribution is -2.48. The molecule has 1 aromatic carbocycles. The molecule has 2 saturated heterocycles. The van der Waals surface area contributed by atoms with Gasteiger partial charge >= 0.3 is 0 Å². The van der Waals surface area contributed by atoms with Gasteiger partial charge in [-0.05, 0) is 44.7 Å². The number of piperidine rings is 1. The molecular weight excluding hydrogens is 246 g/mol. The van der Waals surface area contributed by atoms with Crippen LogP contribution in [0.2, 0.25) is 0 Å². The summed E-state index contributed by atoms with van der Waals surface area (Å²) in [7, 11) is 0. The maximum atomic E-state index is 3.56. The highest BCUT2D eigenvalue weighted by molar-refractivity contribution is 5.23. The lowest BCUT2D eigenvalue weighted by atomic mass is 9.81. The fourth-order valence-corrected chi connectivity index (χ4v) is 3.79. The highest BCUT2D eigenvalue weighted by Crippen LogP contribution is 2.31. The number of hydrazine groups is 1. The molecule has 2 fully saturated rings. The van der Waals surface area contributed by atoms with Gasteiger partial charge in [0, 0.05) is 31.1 Å². The molecule has 0 saturated carbocycles. The van der Waals surface area contributed by atoms with E-state index in [1.165, 1.54) is 31.5 Å². The molecule has 3 atom stereocenters. The Labute approximate surface area is 122 Å². The molecule has 2 aliphatic rings. The predicted molar refractivity (Wildman–Crippen MR) is 83.5 cm³/mol. The summed E-state index contributed by atoms with van der Waals surface area (Å²) in [5.41, 5.74) is 8.42. The molecule has 0 bridgehead atoms. The molecular formula is C17H27N3. The third-order valence-corrected chi connectivity index (χ3v) is 4.98. The standard InChI is InChI=1S/C17H27N3/c1-13(2)20-10-6-9-15(12-20)17-16(11-18-19-17)14-7-4-3-5-8-14/h3-5,7-8,13,15-19H,6,9-12H2,1-2H3. The highest BCUT2D eigenvalue weighted by Gasteiger charge is 2.36. The maximum absolute atomic E-state index is 3.56. The van der Waals surface area contributed by atoms with Crippen molar-refractivity contribution in [3.63, 3.8) is 0 Å². The average Bonchev–Trinajstić information content (AvgIpc) is 2.98. The van der Waals surface area contributed by atoms with Crippen molar-refractivity contribution in [1.29, 1.82) is 0 Å². The van der Waals surface area contributed by atoms with E-state index < -0.39 is 0 Å². The zero-order chi connectivity index (χ0) is 13.9. The fraction of sp³-hybridized carbons (Fsp3) is 0.647. The van der Waals surface area contributed by atoms with E-state index >= 15 is 0 Å². The molecule has 3 unspecified atom stereocenters. The molecule has 2 aliphatic heterocycles. The number of hydrogen-bond acceptors (Lipinski definition) is 3. The molecule has 2 N–H and O–H groups in total. The molecule has 3 heteroatoms. The number of benzene rings is 1. The smallest absolute Gasteiger partial charge is 0.0334 e. The van der Waals surface area contributed by atoms with Crippen molar-refractivity contribution in [2.24, 2.45) is 5.92 Å². The topological polar surface area (TPSA) is 27.3 Å². The summed E-state index contributed by atoms with van der Waals surface area (Å²) in [6.07, 6.45) is 2.69. The average molecular weight is 273 g/mol. The van der Waals surface area contributed by atoms with Gasteiger partial charge in [0.05, 0.1) is 0 Å². The zero-order valence-electron chi connectivity index (χ0n) is 12.7. The van der Waals surface area contributed by atoms with E-state index in [4.69, 9.17) is 0 Å². The Bertz CT molecular complexity index is 418. The number of hydrogen-bond donors (Lipinski definition) is 2. The largest absolute Gasteiger partial charge is 0.301 e. The normalized spacial score (nSPS) is 31.9. The van der Waals surface area contributed by atoms with E-state index in [1.54, 1.807) is 0 Å². The number of nitrogens with one attached hydrogen (secondary N) is 2. The van der Waals surface area contributed by atoms with Gasteiger partial charge in [-0.25, -0.2) is 0 Å². The Morgan fingerprint density at radius 2 is 2.00 bits per heavy atom.